The topological polar surface area (TPSA) is 79.6 Å². The standard InChI is InChI=1S/C19H18N4O3S2/c1-27-13-6-7-15-17(12-13)28-19(20-15)22-10-8-21(9-11-22)18(24)14-4-2-3-5-16(14)23(25)26/h2-7,12H,8-11H2,1H3. The molecule has 1 amide bonds. The van der Waals surface area contributed by atoms with E-state index in [2.05, 4.69) is 23.3 Å². The van der Waals surface area contributed by atoms with E-state index in [0.717, 1.165) is 15.3 Å². The van der Waals surface area contributed by atoms with Crippen LogP contribution >= 0.6 is 23.1 Å². The molecular weight excluding hydrogens is 396 g/mol. The minimum Gasteiger partial charge on any atom is -0.345 e. The number of nitro groups is 1. The van der Waals surface area contributed by atoms with Gasteiger partial charge in [-0.2, -0.15) is 0 Å². The molecule has 0 spiro atoms. The zero-order valence-corrected chi connectivity index (χ0v) is 16.8. The molecule has 144 valence electrons. The van der Waals surface area contributed by atoms with Gasteiger partial charge in [-0.15, -0.1) is 11.8 Å². The Kier molecular flexibility index (Phi) is 5.19. The monoisotopic (exact) mass is 414 g/mol. The van der Waals surface area contributed by atoms with Crippen molar-refractivity contribution < 1.29 is 9.72 Å². The van der Waals surface area contributed by atoms with Crippen LogP contribution in [0.1, 0.15) is 10.4 Å². The summed E-state index contributed by atoms with van der Waals surface area (Å²) in [4.78, 5) is 33.2. The number of hydrogen-bond donors (Lipinski definition) is 0. The van der Waals surface area contributed by atoms with Crippen molar-refractivity contribution in [2.75, 3.05) is 37.3 Å². The number of benzene rings is 2. The molecule has 0 saturated carbocycles. The van der Waals surface area contributed by atoms with Gasteiger partial charge >= 0.3 is 0 Å². The second-order valence-corrected chi connectivity index (χ2v) is 8.27. The second-order valence-electron chi connectivity index (χ2n) is 6.38. The van der Waals surface area contributed by atoms with Gasteiger partial charge in [-0.1, -0.05) is 23.5 Å². The predicted molar refractivity (Wildman–Crippen MR) is 113 cm³/mol. The predicted octanol–water partition coefficient (Wildman–Crippen LogP) is 3.89. The maximum absolute atomic E-state index is 12.8. The maximum atomic E-state index is 12.8. The van der Waals surface area contributed by atoms with Crippen molar-refractivity contribution >= 4 is 50.0 Å². The Labute approximate surface area is 170 Å². The largest absolute Gasteiger partial charge is 0.345 e. The SMILES string of the molecule is CSc1ccc2nc(N3CCN(C(=O)c4ccccc4[N+](=O)[O-])CC3)sc2c1. The van der Waals surface area contributed by atoms with Crippen LogP contribution in [-0.2, 0) is 0 Å². The zero-order valence-electron chi connectivity index (χ0n) is 15.2. The lowest BCUT2D eigenvalue weighted by molar-refractivity contribution is -0.385. The molecule has 0 bridgehead atoms. The average molecular weight is 415 g/mol. The van der Waals surface area contributed by atoms with Gasteiger partial charge < -0.3 is 9.80 Å². The molecule has 9 heteroatoms. The fourth-order valence-electron chi connectivity index (χ4n) is 3.24. The molecule has 0 unspecified atom stereocenters. The first kappa shape index (κ1) is 18.7. The fraction of sp³-hybridized carbons (Fsp3) is 0.263. The summed E-state index contributed by atoms with van der Waals surface area (Å²) in [6.45, 7) is 2.33. The van der Waals surface area contributed by atoms with Crippen LogP contribution in [0.2, 0.25) is 0 Å². The third kappa shape index (κ3) is 3.55. The number of aromatic nitrogens is 1. The highest BCUT2D eigenvalue weighted by Gasteiger charge is 2.28. The number of carbonyl (C=O) groups is 1. The molecule has 7 nitrogen and oxygen atoms in total. The van der Waals surface area contributed by atoms with E-state index >= 15 is 0 Å². The maximum Gasteiger partial charge on any atom is 0.282 e. The van der Waals surface area contributed by atoms with Crippen molar-refractivity contribution in [1.82, 2.24) is 9.88 Å². The number of hydrogen-bond acceptors (Lipinski definition) is 7. The van der Waals surface area contributed by atoms with E-state index in [1.54, 1.807) is 40.1 Å². The summed E-state index contributed by atoms with van der Waals surface area (Å²) in [6.07, 6.45) is 2.05. The minimum atomic E-state index is -0.506. The Morgan fingerprint density at radius 3 is 2.64 bits per heavy atom. The van der Waals surface area contributed by atoms with E-state index in [1.165, 1.54) is 17.0 Å². The highest BCUT2D eigenvalue weighted by molar-refractivity contribution is 7.98. The summed E-state index contributed by atoms with van der Waals surface area (Å²) in [7, 11) is 0. The molecule has 2 heterocycles. The minimum absolute atomic E-state index is 0.144. The van der Waals surface area contributed by atoms with Crippen molar-refractivity contribution in [3.05, 3.63) is 58.1 Å². The molecule has 1 aliphatic heterocycles. The van der Waals surface area contributed by atoms with E-state index < -0.39 is 4.92 Å². The Balaban J connectivity index is 1.48. The molecule has 0 radical (unpaired) electrons. The molecule has 1 aliphatic rings. The molecule has 28 heavy (non-hydrogen) atoms. The van der Waals surface area contributed by atoms with Gasteiger partial charge in [-0.25, -0.2) is 4.98 Å². The molecule has 0 aliphatic carbocycles. The molecule has 4 rings (SSSR count). The van der Waals surface area contributed by atoms with Crippen LogP contribution in [0, 0.1) is 10.1 Å². The molecule has 2 aromatic carbocycles. The summed E-state index contributed by atoms with van der Waals surface area (Å²) in [5.74, 6) is -0.291. The first-order valence-electron chi connectivity index (χ1n) is 8.79. The molecular formula is C19H18N4O3S2. The van der Waals surface area contributed by atoms with Crippen LogP contribution in [0.5, 0.6) is 0 Å². The summed E-state index contributed by atoms with van der Waals surface area (Å²) in [5, 5.41) is 12.1. The van der Waals surface area contributed by atoms with E-state index in [-0.39, 0.29) is 17.2 Å². The van der Waals surface area contributed by atoms with Crippen LogP contribution in [0.25, 0.3) is 10.2 Å². The summed E-state index contributed by atoms with van der Waals surface area (Å²) >= 11 is 3.36. The third-order valence-corrected chi connectivity index (χ3v) is 6.56. The number of amides is 1. The van der Waals surface area contributed by atoms with Gasteiger partial charge in [-0.3, -0.25) is 14.9 Å². The lowest BCUT2D eigenvalue weighted by Crippen LogP contribution is -2.48. The lowest BCUT2D eigenvalue weighted by atomic mass is 10.1. The lowest BCUT2D eigenvalue weighted by Gasteiger charge is -2.34. The van der Waals surface area contributed by atoms with E-state index in [0.29, 0.717) is 26.2 Å². The molecule has 1 saturated heterocycles. The van der Waals surface area contributed by atoms with Crippen molar-refractivity contribution in [3.63, 3.8) is 0 Å². The van der Waals surface area contributed by atoms with Crippen LogP contribution in [0.15, 0.2) is 47.4 Å². The number of nitro benzene ring substituents is 1. The van der Waals surface area contributed by atoms with Crippen LogP contribution in [0.4, 0.5) is 10.8 Å². The van der Waals surface area contributed by atoms with Crippen LogP contribution in [-0.4, -0.2) is 53.1 Å². The number of rotatable bonds is 4. The number of anilines is 1. The van der Waals surface area contributed by atoms with E-state index in [4.69, 9.17) is 4.98 Å². The smallest absolute Gasteiger partial charge is 0.282 e. The number of nitrogens with zero attached hydrogens (tertiary/aromatic N) is 4. The zero-order chi connectivity index (χ0) is 19.7. The van der Waals surface area contributed by atoms with Gasteiger partial charge in [0.05, 0.1) is 15.1 Å². The molecule has 0 N–H and O–H groups in total. The van der Waals surface area contributed by atoms with Gasteiger partial charge in [0.1, 0.15) is 5.56 Å². The van der Waals surface area contributed by atoms with Crippen molar-refractivity contribution in [1.29, 1.82) is 0 Å². The highest BCUT2D eigenvalue weighted by Crippen LogP contribution is 2.32. The number of carbonyl (C=O) groups excluding carboxylic acids is 1. The van der Waals surface area contributed by atoms with Gasteiger partial charge in [0.15, 0.2) is 5.13 Å². The summed E-state index contributed by atoms with van der Waals surface area (Å²) in [5.41, 5.74) is 0.979. The Morgan fingerprint density at radius 1 is 1.18 bits per heavy atom. The molecule has 1 aromatic heterocycles. The quantitative estimate of drug-likeness (QED) is 0.366. The van der Waals surface area contributed by atoms with Gasteiger partial charge in [0.2, 0.25) is 0 Å². The third-order valence-electron chi connectivity index (χ3n) is 4.75. The van der Waals surface area contributed by atoms with Crippen LogP contribution < -0.4 is 4.90 Å². The van der Waals surface area contributed by atoms with Gasteiger partial charge in [-0.05, 0) is 30.5 Å². The van der Waals surface area contributed by atoms with Crippen molar-refractivity contribution in [3.8, 4) is 0 Å². The number of piperazine rings is 1. The van der Waals surface area contributed by atoms with Crippen molar-refractivity contribution in [2.45, 2.75) is 4.90 Å². The molecule has 3 aromatic rings. The number of thiazole rings is 1. The average Bonchev–Trinajstić information content (AvgIpc) is 3.16. The number of para-hydroxylation sites is 1. The number of thioether (sulfide) groups is 1. The molecule has 0 atom stereocenters. The van der Waals surface area contributed by atoms with Crippen LogP contribution in [0.3, 0.4) is 0 Å². The fourth-order valence-corrected chi connectivity index (χ4v) is 4.81. The Hall–Kier alpha value is -2.65. The normalized spacial score (nSPS) is 14.5. The number of fused-ring (bicyclic) bond motifs is 1. The molecule has 1 fully saturated rings. The highest BCUT2D eigenvalue weighted by atomic mass is 32.2. The summed E-state index contributed by atoms with van der Waals surface area (Å²) in [6, 6.07) is 12.4. The summed E-state index contributed by atoms with van der Waals surface area (Å²) < 4.78 is 1.15. The van der Waals surface area contributed by atoms with E-state index in [1.807, 2.05) is 6.07 Å². The van der Waals surface area contributed by atoms with Gasteiger partial charge in [0, 0.05) is 37.1 Å². The second kappa shape index (κ2) is 7.76. The first-order chi connectivity index (χ1) is 13.6. The van der Waals surface area contributed by atoms with E-state index in [9.17, 15) is 14.9 Å². The van der Waals surface area contributed by atoms with Crippen molar-refractivity contribution in [2.24, 2.45) is 0 Å². The Morgan fingerprint density at radius 2 is 1.93 bits per heavy atom. The Bertz CT molecular complexity index is 1040. The van der Waals surface area contributed by atoms with Gasteiger partial charge in [0.25, 0.3) is 11.6 Å². The first-order valence-corrected chi connectivity index (χ1v) is 10.8.